The molecule has 33 heavy (non-hydrogen) atoms. The largest absolute Gasteiger partial charge is 0.377 e. The van der Waals surface area contributed by atoms with E-state index in [0.29, 0.717) is 31.9 Å². The molecule has 1 aromatic carbocycles. The lowest BCUT2D eigenvalue weighted by Crippen LogP contribution is -2.28. The molecule has 4 aromatic rings. The summed E-state index contributed by atoms with van der Waals surface area (Å²) >= 11 is 0. The zero-order valence-corrected chi connectivity index (χ0v) is 18.9. The summed E-state index contributed by atoms with van der Waals surface area (Å²) in [5.74, 6) is 0.268. The van der Waals surface area contributed by atoms with Gasteiger partial charge in [-0.25, -0.2) is 19.2 Å². The Morgan fingerprint density at radius 2 is 2.06 bits per heavy atom. The Balaban J connectivity index is 1.34. The number of nitrogens with zero attached hydrogens (tertiary/aromatic N) is 7. The van der Waals surface area contributed by atoms with Crippen molar-refractivity contribution in [3.05, 3.63) is 77.3 Å². The monoisotopic (exact) mass is 445 g/mol. The second kappa shape index (κ2) is 9.11. The van der Waals surface area contributed by atoms with E-state index in [1.54, 1.807) is 11.0 Å². The quantitative estimate of drug-likeness (QED) is 0.435. The van der Waals surface area contributed by atoms with Gasteiger partial charge in [-0.1, -0.05) is 12.1 Å². The number of benzene rings is 1. The summed E-state index contributed by atoms with van der Waals surface area (Å²) in [6.07, 6.45) is 5.94. The fourth-order valence-electron chi connectivity index (χ4n) is 4.42. The maximum absolute atomic E-state index is 13.1. The average molecular weight is 446 g/mol. The third kappa shape index (κ3) is 4.23. The number of fused-ring (bicyclic) bond motifs is 1. The van der Waals surface area contributed by atoms with Crippen LogP contribution in [0.2, 0.25) is 0 Å². The summed E-state index contributed by atoms with van der Waals surface area (Å²) in [6, 6.07) is 9.72. The second-order valence-electron chi connectivity index (χ2n) is 8.33. The van der Waals surface area contributed by atoms with Crippen molar-refractivity contribution in [2.75, 3.05) is 19.7 Å². The van der Waals surface area contributed by atoms with Gasteiger partial charge in [-0.05, 0) is 44.0 Å². The molecule has 0 unspecified atom stereocenters. The van der Waals surface area contributed by atoms with Crippen LogP contribution < -0.4 is 0 Å². The van der Waals surface area contributed by atoms with Crippen molar-refractivity contribution >= 4 is 11.6 Å². The van der Waals surface area contributed by atoms with Crippen LogP contribution in [-0.2, 0) is 17.9 Å². The Bertz CT molecular complexity index is 1250. The summed E-state index contributed by atoms with van der Waals surface area (Å²) in [4.78, 5) is 23.6. The standard InChI is InChI=1S/C24H27N7O2/c1-3-33-14-18-4-6-19(7-5-18)24(32)29-11-9-20(12-29)22-8-10-26-23-21(17(2)28-31(22)23)13-30-16-25-15-27-30/h4-8,10,15-16,20H,3,9,11-14H2,1-2H3/t20-/m1/s1. The van der Waals surface area contributed by atoms with Crippen molar-refractivity contribution in [3.8, 4) is 0 Å². The topological polar surface area (TPSA) is 90.4 Å². The Morgan fingerprint density at radius 1 is 1.21 bits per heavy atom. The molecule has 4 heterocycles. The van der Waals surface area contributed by atoms with Gasteiger partial charge in [-0.15, -0.1) is 0 Å². The zero-order chi connectivity index (χ0) is 22.8. The Morgan fingerprint density at radius 3 is 2.82 bits per heavy atom. The molecule has 0 saturated carbocycles. The van der Waals surface area contributed by atoms with Gasteiger partial charge in [0.1, 0.15) is 12.7 Å². The van der Waals surface area contributed by atoms with E-state index in [1.807, 2.05) is 59.8 Å². The fourth-order valence-corrected chi connectivity index (χ4v) is 4.42. The Labute approximate surface area is 192 Å². The van der Waals surface area contributed by atoms with Crippen LogP contribution in [0.15, 0.2) is 49.2 Å². The number of ether oxygens (including phenoxy) is 1. The van der Waals surface area contributed by atoms with Crippen LogP contribution in [0.5, 0.6) is 0 Å². The Kier molecular flexibility index (Phi) is 5.87. The smallest absolute Gasteiger partial charge is 0.253 e. The number of aromatic nitrogens is 6. The number of carbonyl (C=O) groups excluding carboxylic acids is 1. The third-order valence-corrected chi connectivity index (χ3v) is 6.20. The van der Waals surface area contributed by atoms with Crippen LogP contribution in [-0.4, -0.2) is 59.9 Å². The van der Waals surface area contributed by atoms with E-state index < -0.39 is 0 Å². The lowest BCUT2D eigenvalue weighted by Gasteiger charge is -2.17. The maximum atomic E-state index is 13.1. The molecule has 5 rings (SSSR count). The van der Waals surface area contributed by atoms with Crippen LogP contribution >= 0.6 is 0 Å². The van der Waals surface area contributed by atoms with Crippen molar-refractivity contribution in [1.29, 1.82) is 0 Å². The van der Waals surface area contributed by atoms with Crippen LogP contribution in [0.3, 0.4) is 0 Å². The fraction of sp³-hybridized carbons (Fsp3) is 0.375. The van der Waals surface area contributed by atoms with Crippen molar-refractivity contribution in [1.82, 2.24) is 34.3 Å². The molecule has 0 spiro atoms. The van der Waals surface area contributed by atoms with Gasteiger partial charge in [0.25, 0.3) is 5.91 Å². The summed E-state index contributed by atoms with van der Waals surface area (Å²) in [6.45, 7) is 7.16. The van der Waals surface area contributed by atoms with Gasteiger partial charge in [0.2, 0.25) is 0 Å². The van der Waals surface area contributed by atoms with Crippen molar-refractivity contribution in [2.45, 2.75) is 39.3 Å². The number of aryl methyl sites for hydroxylation is 1. The lowest BCUT2D eigenvalue weighted by molar-refractivity contribution is 0.0790. The molecule has 1 fully saturated rings. The van der Waals surface area contributed by atoms with E-state index in [9.17, 15) is 4.79 Å². The molecule has 3 aromatic heterocycles. The molecular weight excluding hydrogens is 418 g/mol. The minimum atomic E-state index is 0.0641. The molecule has 1 saturated heterocycles. The van der Waals surface area contributed by atoms with Crippen LogP contribution in [0.4, 0.5) is 0 Å². The molecule has 170 valence electrons. The second-order valence-corrected chi connectivity index (χ2v) is 8.33. The molecule has 0 aliphatic carbocycles. The third-order valence-electron chi connectivity index (χ3n) is 6.20. The van der Waals surface area contributed by atoms with E-state index in [0.717, 1.165) is 41.1 Å². The highest BCUT2D eigenvalue weighted by Crippen LogP contribution is 2.29. The molecule has 1 atom stereocenters. The number of rotatable bonds is 7. The van der Waals surface area contributed by atoms with Gasteiger partial charge in [-0.3, -0.25) is 4.79 Å². The van der Waals surface area contributed by atoms with E-state index in [4.69, 9.17) is 9.84 Å². The molecule has 0 bridgehead atoms. The number of amides is 1. The predicted molar refractivity (Wildman–Crippen MR) is 122 cm³/mol. The first-order valence-corrected chi connectivity index (χ1v) is 11.3. The van der Waals surface area contributed by atoms with Gasteiger partial charge < -0.3 is 9.64 Å². The summed E-state index contributed by atoms with van der Waals surface area (Å²) in [7, 11) is 0. The maximum Gasteiger partial charge on any atom is 0.253 e. The first kappa shape index (κ1) is 21.3. The van der Waals surface area contributed by atoms with Crippen molar-refractivity contribution in [3.63, 3.8) is 0 Å². The number of carbonyl (C=O) groups is 1. The molecule has 9 heteroatoms. The van der Waals surface area contributed by atoms with Crippen LogP contribution in [0, 0.1) is 6.92 Å². The van der Waals surface area contributed by atoms with E-state index >= 15 is 0 Å². The molecular formula is C24H27N7O2. The Hall–Kier alpha value is -3.59. The number of likely N-dealkylation sites (tertiary alicyclic amines) is 1. The molecule has 9 nitrogen and oxygen atoms in total. The summed E-state index contributed by atoms with van der Waals surface area (Å²) in [5, 5.41) is 8.98. The first-order chi connectivity index (χ1) is 16.1. The molecule has 0 radical (unpaired) electrons. The van der Waals surface area contributed by atoms with E-state index in [1.165, 1.54) is 6.33 Å². The number of hydrogen-bond donors (Lipinski definition) is 0. The van der Waals surface area contributed by atoms with Crippen molar-refractivity contribution in [2.24, 2.45) is 0 Å². The average Bonchev–Trinajstić information content (AvgIpc) is 3.59. The highest BCUT2D eigenvalue weighted by molar-refractivity contribution is 5.94. The highest BCUT2D eigenvalue weighted by Gasteiger charge is 2.30. The minimum absolute atomic E-state index is 0.0641. The van der Waals surface area contributed by atoms with Gasteiger partial charge in [0.05, 0.1) is 24.5 Å². The SMILES string of the molecule is CCOCc1ccc(C(=O)N2CC[C@@H](c3ccnc4c(Cn5cncn5)c(C)nn34)C2)cc1. The van der Waals surface area contributed by atoms with Gasteiger partial charge in [-0.2, -0.15) is 10.2 Å². The molecule has 1 aliphatic heterocycles. The van der Waals surface area contributed by atoms with E-state index in [2.05, 4.69) is 15.1 Å². The lowest BCUT2D eigenvalue weighted by atomic mass is 10.0. The molecule has 1 aliphatic rings. The summed E-state index contributed by atoms with van der Waals surface area (Å²) in [5.41, 5.74) is 5.64. The summed E-state index contributed by atoms with van der Waals surface area (Å²) < 4.78 is 9.15. The number of hydrogen-bond acceptors (Lipinski definition) is 6. The van der Waals surface area contributed by atoms with Crippen molar-refractivity contribution < 1.29 is 9.53 Å². The van der Waals surface area contributed by atoms with Gasteiger partial charge >= 0.3 is 0 Å². The van der Waals surface area contributed by atoms with Gasteiger partial charge in [0, 0.05) is 42.9 Å². The van der Waals surface area contributed by atoms with Crippen LogP contribution in [0.1, 0.15) is 52.1 Å². The predicted octanol–water partition coefficient (Wildman–Crippen LogP) is 2.84. The molecule has 0 N–H and O–H groups in total. The normalized spacial score (nSPS) is 16.1. The van der Waals surface area contributed by atoms with E-state index in [-0.39, 0.29) is 11.8 Å². The zero-order valence-electron chi connectivity index (χ0n) is 18.9. The molecule has 1 amide bonds. The minimum Gasteiger partial charge on any atom is -0.377 e. The highest BCUT2D eigenvalue weighted by atomic mass is 16.5. The van der Waals surface area contributed by atoms with Crippen LogP contribution in [0.25, 0.3) is 5.65 Å². The first-order valence-electron chi connectivity index (χ1n) is 11.3. The van der Waals surface area contributed by atoms with Gasteiger partial charge in [0.15, 0.2) is 5.65 Å².